The van der Waals surface area contributed by atoms with Crippen LogP contribution in [0.25, 0.3) is 0 Å². The molecule has 2 nitrogen and oxygen atoms in total. The number of nitrogens with one attached hydrogen (secondary N) is 1. The summed E-state index contributed by atoms with van der Waals surface area (Å²) in [6, 6.07) is 13.4. The van der Waals surface area contributed by atoms with E-state index in [2.05, 4.69) is 17.2 Å². The molecule has 1 aliphatic rings. The lowest BCUT2D eigenvalue weighted by molar-refractivity contribution is -0.240. The molecule has 28 heavy (non-hydrogen) atoms. The van der Waals surface area contributed by atoms with Crippen molar-refractivity contribution in [2.24, 2.45) is 5.92 Å². The molecule has 1 unspecified atom stereocenters. The highest BCUT2D eigenvalue weighted by Gasteiger charge is 2.56. The summed E-state index contributed by atoms with van der Waals surface area (Å²) in [5.74, 6) is 4.55. The van der Waals surface area contributed by atoms with Crippen LogP contribution in [0.2, 0.25) is 5.02 Å². The number of hydrogen-bond donors (Lipinski definition) is 2. The van der Waals surface area contributed by atoms with E-state index in [1.807, 2.05) is 44.2 Å². The first kappa shape index (κ1) is 20.6. The first-order valence-corrected chi connectivity index (χ1v) is 9.36. The van der Waals surface area contributed by atoms with E-state index in [0.717, 1.165) is 24.5 Å². The number of aliphatic hydroxyl groups is 1. The van der Waals surface area contributed by atoms with Gasteiger partial charge in [0.25, 0.3) is 0 Å². The summed E-state index contributed by atoms with van der Waals surface area (Å²) in [6.07, 6.45) is -3.47. The van der Waals surface area contributed by atoms with Gasteiger partial charge in [0.05, 0.1) is 5.54 Å². The molecule has 0 aliphatic heterocycles. The SMILES string of the molecule is CC(C)(Nc1ccc(Cl)cc1C(O)(C#CC1CC1)C(F)(F)F)c1ccccc1. The van der Waals surface area contributed by atoms with Crippen molar-refractivity contribution < 1.29 is 18.3 Å². The monoisotopic (exact) mass is 407 g/mol. The molecule has 0 heterocycles. The zero-order valence-electron chi connectivity index (χ0n) is 15.6. The minimum Gasteiger partial charge on any atom is -0.376 e. The summed E-state index contributed by atoms with van der Waals surface area (Å²) < 4.78 is 41.7. The van der Waals surface area contributed by atoms with Crippen molar-refractivity contribution in [2.75, 3.05) is 5.32 Å². The van der Waals surface area contributed by atoms with E-state index >= 15 is 0 Å². The summed E-state index contributed by atoms with van der Waals surface area (Å²) in [5.41, 5.74) is -3.39. The van der Waals surface area contributed by atoms with Crippen molar-refractivity contribution in [2.45, 2.75) is 44.0 Å². The smallest absolute Gasteiger partial charge is 0.376 e. The van der Waals surface area contributed by atoms with E-state index in [-0.39, 0.29) is 16.6 Å². The largest absolute Gasteiger partial charge is 0.433 e. The summed E-state index contributed by atoms with van der Waals surface area (Å²) >= 11 is 5.98. The van der Waals surface area contributed by atoms with Gasteiger partial charge in [-0.3, -0.25) is 0 Å². The fourth-order valence-corrected chi connectivity index (χ4v) is 3.09. The normalized spacial score (nSPS) is 16.7. The van der Waals surface area contributed by atoms with Crippen LogP contribution in [0.3, 0.4) is 0 Å². The average molecular weight is 408 g/mol. The minimum atomic E-state index is -4.98. The minimum absolute atomic E-state index is 0.0916. The van der Waals surface area contributed by atoms with Gasteiger partial charge in [-0.25, -0.2) is 0 Å². The van der Waals surface area contributed by atoms with E-state index in [4.69, 9.17) is 11.6 Å². The molecule has 3 rings (SSSR count). The summed E-state index contributed by atoms with van der Waals surface area (Å²) in [7, 11) is 0. The summed E-state index contributed by atoms with van der Waals surface area (Å²) in [4.78, 5) is 0. The number of halogens is 4. The van der Waals surface area contributed by atoms with Crippen molar-refractivity contribution in [3.63, 3.8) is 0 Å². The Bertz CT molecular complexity index is 911. The molecule has 0 bridgehead atoms. The van der Waals surface area contributed by atoms with Crippen molar-refractivity contribution in [1.82, 2.24) is 0 Å². The Hall–Kier alpha value is -2.16. The van der Waals surface area contributed by atoms with Crippen LogP contribution in [-0.4, -0.2) is 11.3 Å². The Labute approximate surface area is 167 Å². The zero-order valence-corrected chi connectivity index (χ0v) is 16.3. The first-order valence-electron chi connectivity index (χ1n) is 8.98. The molecule has 1 fully saturated rings. The summed E-state index contributed by atoms with van der Waals surface area (Å²) in [6.45, 7) is 3.70. The first-order chi connectivity index (χ1) is 13.0. The third-order valence-electron chi connectivity index (χ3n) is 4.76. The predicted octanol–water partition coefficient (Wildman–Crippen LogP) is 5.85. The number of anilines is 1. The van der Waals surface area contributed by atoms with E-state index in [1.165, 1.54) is 12.1 Å². The van der Waals surface area contributed by atoms with Crippen molar-refractivity contribution >= 4 is 17.3 Å². The number of alkyl halides is 3. The van der Waals surface area contributed by atoms with Crippen LogP contribution in [0.5, 0.6) is 0 Å². The van der Waals surface area contributed by atoms with Crippen LogP contribution < -0.4 is 5.32 Å². The van der Waals surface area contributed by atoms with Crippen LogP contribution in [0.15, 0.2) is 48.5 Å². The second kappa shape index (κ2) is 7.35. The van der Waals surface area contributed by atoms with Gasteiger partial charge in [0.1, 0.15) is 0 Å². The molecule has 0 radical (unpaired) electrons. The van der Waals surface area contributed by atoms with Gasteiger partial charge in [0.15, 0.2) is 0 Å². The third-order valence-corrected chi connectivity index (χ3v) is 4.99. The van der Waals surface area contributed by atoms with E-state index < -0.39 is 22.9 Å². The topological polar surface area (TPSA) is 32.3 Å². The van der Waals surface area contributed by atoms with Crippen LogP contribution in [0.1, 0.15) is 37.8 Å². The second-order valence-corrected chi connectivity index (χ2v) is 7.99. The van der Waals surface area contributed by atoms with Gasteiger partial charge in [-0.15, -0.1) is 0 Å². The zero-order chi connectivity index (χ0) is 20.6. The lowest BCUT2D eigenvalue weighted by atomic mass is 9.89. The molecule has 0 saturated heterocycles. The molecule has 2 N–H and O–H groups in total. The Kier molecular flexibility index (Phi) is 5.40. The highest BCUT2D eigenvalue weighted by atomic mass is 35.5. The van der Waals surface area contributed by atoms with Gasteiger partial charge in [-0.05, 0) is 50.5 Å². The molecule has 148 valence electrons. The standard InChI is InChI=1S/C22H21ClF3NO/c1-20(2,16-6-4-3-5-7-16)27-19-11-10-17(23)14-18(19)21(28,22(24,25)26)13-12-15-8-9-15/h3-7,10-11,14-15,27-28H,8-9H2,1-2H3. The predicted molar refractivity (Wildman–Crippen MR) is 105 cm³/mol. The van der Waals surface area contributed by atoms with Gasteiger partial charge in [-0.2, -0.15) is 13.2 Å². The molecule has 6 heteroatoms. The Morgan fingerprint density at radius 3 is 2.29 bits per heavy atom. The van der Waals surface area contributed by atoms with Gasteiger partial charge >= 0.3 is 6.18 Å². The maximum atomic E-state index is 13.9. The molecule has 2 aromatic carbocycles. The van der Waals surface area contributed by atoms with Crippen LogP contribution in [0, 0.1) is 17.8 Å². The van der Waals surface area contributed by atoms with Gasteiger partial charge in [0.2, 0.25) is 5.60 Å². The summed E-state index contributed by atoms with van der Waals surface area (Å²) in [5, 5.41) is 13.9. The lowest BCUT2D eigenvalue weighted by Crippen LogP contribution is -2.42. The Morgan fingerprint density at radius 1 is 1.07 bits per heavy atom. The van der Waals surface area contributed by atoms with Crippen molar-refractivity contribution in [1.29, 1.82) is 0 Å². The number of hydrogen-bond acceptors (Lipinski definition) is 2. The van der Waals surface area contributed by atoms with Gasteiger partial charge in [0, 0.05) is 22.2 Å². The molecule has 1 atom stereocenters. The molecule has 1 aliphatic carbocycles. The quantitative estimate of drug-likeness (QED) is 0.623. The molecule has 0 amide bonds. The fourth-order valence-electron chi connectivity index (χ4n) is 2.91. The van der Waals surface area contributed by atoms with E-state index in [1.54, 1.807) is 0 Å². The van der Waals surface area contributed by atoms with Crippen LogP contribution >= 0.6 is 11.6 Å². The van der Waals surface area contributed by atoms with Gasteiger partial charge < -0.3 is 10.4 Å². The van der Waals surface area contributed by atoms with Crippen molar-refractivity contribution in [3.05, 3.63) is 64.7 Å². The number of rotatable bonds is 4. The highest BCUT2D eigenvalue weighted by molar-refractivity contribution is 6.30. The average Bonchev–Trinajstić information content (AvgIpc) is 3.45. The molecule has 0 aromatic heterocycles. The fraction of sp³-hybridized carbons (Fsp3) is 0.364. The molecular formula is C22H21ClF3NO. The Balaban J connectivity index is 2.08. The Morgan fingerprint density at radius 2 is 1.71 bits per heavy atom. The number of benzene rings is 2. The van der Waals surface area contributed by atoms with E-state index in [9.17, 15) is 18.3 Å². The second-order valence-electron chi connectivity index (χ2n) is 7.56. The molecule has 0 spiro atoms. The highest BCUT2D eigenvalue weighted by Crippen LogP contribution is 2.44. The molecule has 1 saturated carbocycles. The van der Waals surface area contributed by atoms with Crippen LogP contribution in [0.4, 0.5) is 18.9 Å². The maximum absolute atomic E-state index is 13.9. The van der Waals surface area contributed by atoms with Crippen LogP contribution in [-0.2, 0) is 11.1 Å². The van der Waals surface area contributed by atoms with Gasteiger partial charge in [-0.1, -0.05) is 53.8 Å². The van der Waals surface area contributed by atoms with E-state index in [0.29, 0.717) is 0 Å². The molecular weight excluding hydrogens is 387 g/mol. The third kappa shape index (κ3) is 4.29. The maximum Gasteiger partial charge on any atom is 0.433 e. The molecule has 2 aromatic rings. The van der Waals surface area contributed by atoms with Crippen molar-refractivity contribution in [3.8, 4) is 11.8 Å². The lowest BCUT2D eigenvalue weighted by Gasteiger charge is -2.33.